The Balaban J connectivity index is 1.24. The Morgan fingerprint density at radius 2 is 1.62 bits per heavy atom. The minimum absolute atomic E-state index is 0.00721. The number of ether oxygens (including phenoxy) is 1. The van der Waals surface area contributed by atoms with E-state index in [0.29, 0.717) is 0 Å². The Hall–Kier alpha value is -3.75. The van der Waals surface area contributed by atoms with Crippen molar-refractivity contribution < 1.29 is 33.0 Å². The van der Waals surface area contributed by atoms with Crippen molar-refractivity contribution >= 4 is 18.0 Å². The number of alkyl halides is 2. The molecule has 2 aromatic rings. The summed E-state index contributed by atoms with van der Waals surface area (Å²) < 4.78 is 32.2. The van der Waals surface area contributed by atoms with Crippen molar-refractivity contribution in [1.29, 1.82) is 0 Å². The van der Waals surface area contributed by atoms with E-state index in [1.54, 1.807) is 0 Å². The smallest absolute Gasteiger partial charge is 0.407 e. The first-order valence-electron chi connectivity index (χ1n) is 10.9. The fraction of sp³-hybridized carbons (Fsp3) is 0.320. The van der Waals surface area contributed by atoms with Gasteiger partial charge in [-0.1, -0.05) is 54.6 Å². The van der Waals surface area contributed by atoms with Gasteiger partial charge in [-0.3, -0.25) is 9.59 Å². The SMILES string of the molecule is C/C(=C\CNC(=O)OCC1c2ccccc2-c2ccccc21)C(=O)NCC1C(C(=O)O)C1(F)F. The normalized spacial score (nSPS) is 20.1. The van der Waals surface area contributed by atoms with Gasteiger partial charge in [0, 0.05) is 24.6 Å². The molecule has 1 fully saturated rings. The summed E-state index contributed by atoms with van der Waals surface area (Å²) in [6.45, 7) is 1.19. The predicted octanol–water partition coefficient (Wildman–Crippen LogP) is 3.55. The standard InChI is InChI=1S/C25H24F2N2O5/c1-14(22(30)29-12-20-21(23(31)32)25(20,26)27)10-11-28-24(33)34-13-19-17-8-4-2-6-15(17)16-7-3-5-9-18(16)19/h2-10,19-21H,11-13H2,1H3,(H,28,33)(H,29,30)(H,31,32)/b14-10+. The maximum atomic E-state index is 13.4. The third-order valence-corrected chi connectivity index (χ3v) is 6.31. The van der Waals surface area contributed by atoms with E-state index in [2.05, 4.69) is 10.6 Å². The predicted molar refractivity (Wildman–Crippen MR) is 119 cm³/mol. The molecule has 0 aromatic heterocycles. The van der Waals surface area contributed by atoms with E-state index in [1.807, 2.05) is 48.5 Å². The van der Waals surface area contributed by atoms with Crippen molar-refractivity contribution in [1.82, 2.24) is 10.6 Å². The van der Waals surface area contributed by atoms with Crippen LogP contribution in [0.4, 0.5) is 13.6 Å². The highest BCUT2D eigenvalue weighted by Crippen LogP contribution is 2.54. The van der Waals surface area contributed by atoms with Gasteiger partial charge in [0.2, 0.25) is 5.91 Å². The van der Waals surface area contributed by atoms with Gasteiger partial charge >= 0.3 is 12.1 Å². The molecule has 2 aliphatic rings. The van der Waals surface area contributed by atoms with E-state index in [-0.39, 0.29) is 24.6 Å². The zero-order valence-corrected chi connectivity index (χ0v) is 18.4. The lowest BCUT2D eigenvalue weighted by Gasteiger charge is -2.14. The van der Waals surface area contributed by atoms with E-state index < -0.39 is 42.3 Å². The fourth-order valence-electron chi connectivity index (χ4n) is 4.35. The number of hydrogen-bond acceptors (Lipinski definition) is 4. The van der Waals surface area contributed by atoms with Crippen LogP contribution < -0.4 is 10.6 Å². The van der Waals surface area contributed by atoms with Crippen molar-refractivity contribution in [3.05, 3.63) is 71.3 Å². The number of carboxylic acid groups (broad SMARTS) is 1. The average Bonchev–Trinajstić information content (AvgIpc) is 3.23. The van der Waals surface area contributed by atoms with Crippen LogP contribution in [0.15, 0.2) is 60.2 Å². The second-order valence-corrected chi connectivity index (χ2v) is 8.40. The molecule has 0 spiro atoms. The second-order valence-electron chi connectivity index (χ2n) is 8.40. The number of carboxylic acids is 1. The number of carbonyl (C=O) groups is 3. The maximum absolute atomic E-state index is 13.4. The van der Waals surface area contributed by atoms with Crippen molar-refractivity contribution in [3.63, 3.8) is 0 Å². The number of hydrogen-bond donors (Lipinski definition) is 3. The second kappa shape index (κ2) is 9.24. The number of amides is 2. The Bertz CT molecular complexity index is 1120. The monoisotopic (exact) mass is 470 g/mol. The number of alkyl carbamates (subject to hydrolysis) is 1. The van der Waals surface area contributed by atoms with Crippen molar-refractivity contribution in [2.45, 2.75) is 18.8 Å². The Morgan fingerprint density at radius 1 is 1.03 bits per heavy atom. The topological polar surface area (TPSA) is 105 Å². The van der Waals surface area contributed by atoms with Gasteiger partial charge in [-0.05, 0) is 29.2 Å². The minimum atomic E-state index is -3.32. The van der Waals surface area contributed by atoms with E-state index in [1.165, 1.54) is 13.0 Å². The highest BCUT2D eigenvalue weighted by atomic mass is 19.3. The molecule has 1 saturated carbocycles. The van der Waals surface area contributed by atoms with E-state index in [4.69, 9.17) is 9.84 Å². The largest absolute Gasteiger partial charge is 0.481 e. The Kier molecular flexibility index (Phi) is 6.37. The molecule has 2 aliphatic carbocycles. The van der Waals surface area contributed by atoms with Crippen LogP contribution in [0.3, 0.4) is 0 Å². The lowest BCUT2D eigenvalue weighted by atomic mass is 9.98. The maximum Gasteiger partial charge on any atom is 0.407 e. The van der Waals surface area contributed by atoms with E-state index in [9.17, 15) is 23.2 Å². The third-order valence-electron chi connectivity index (χ3n) is 6.31. The van der Waals surface area contributed by atoms with Crippen LogP contribution in [0.1, 0.15) is 24.0 Å². The molecule has 0 radical (unpaired) electrons. The molecule has 0 aliphatic heterocycles. The number of benzene rings is 2. The number of aliphatic carboxylic acids is 1. The molecule has 178 valence electrons. The summed E-state index contributed by atoms with van der Waals surface area (Å²) in [5, 5.41) is 13.6. The van der Waals surface area contributed by atoms with Gasteiger partial charge in [0.25, 0.3) is 5.92 Å². The molecule has 7 nitrogen and oxygen atoms in total. The van der Waals surface area contributed by atoms with Gasteiger partial charge in [-0.25, -0.2) is 13.6 Å². The molecule has 2 aromatic carbocycles. The minimum Gasteiger partial charge on any atom is -0.481 e. The van der Waals surface area contributed by atoms with Gasteiger partial charge < -0.3 is 20.5 Å². The van der Waals surface area contributed by atoms with Crippen molar-refractivity contribution in [2.75, 3.05) is 19.7 Å². The van der Waals surface area contributed by atoms with Gasteiger partial charge in [-0.15, -0.1) is 0 Å². The van der Waals surface area contributed by atoms with Crippen LogP contribution in [0, 0.1) is 11.8 Å². The molecular formula is C25H24F2N2O5. The lowest BCUT2D eigenvalue weighted by molar-refractivity contribution is -0.141. The first kappa shape index (κ1) is 23.4. The molecule has 2 amide bonds. The third kappa shape index (κ3) is 4.50. The Labute approximate surface area is 194 Å². The molecule has 34 heavy (non-hydrogen) atoms. The molecule has 0 heterocycles. The van der Waals surface area contributed by atoms with Crippen LogP contribution in [0.2, 0.25) is 0 Å². The summed E-state index contributed by atoms with van der Waals surface area (Å²) in [6, 6.07) is 15.9. The van der Waals surface area contributed by atoms with Crippen LogP contribution >= 0.6 is 0 Å². The highest BCUT2D eigenvalue weighted by Gasteiger charge is 2.72. The zero-order chi connectivity index (χ0) is 24.5. The number of nitrogens with one attached hydrogen (secondary N) is 2. The molecular weight excluding hydrogens is 446 g/mol. The quantitative estimate of drug-likeness (QED) is 0.512. The molecule has 0 bridgehead atoms. The van der Waals surface area contributed by atoms with Crippen molar-refractivity contribution in [3.8, 4) is 11.1 Å². The van der Waals surface area contributed by atoms with E-state index in [0.717, 1.165) is 22.3 Å². The molecule has 2 unspecified atom stereocenters. The average molecular weight is 470 g/mol. The Morgan fingerprint density at radius 3 is 2.18 bits per heavy atom. The van der Waals surface area contributed by atoms with Crippen LogP contribution in [-0.2, 0) is 14.3 Å². The van der Waals surface area contributed by atoms with Gasteiger partial charge in [-0.2, -0.15) is 0 Å². The number of fused-ring (bicyclic) bond motifs is 3. The lowest BCUT2D eigenvalue weighted by Crippen LogP contribution is -2.29. The van der Waals surface area contributed by atoms with Crippen LogP contribution in [-0.4, -0.2) is 48.7 Å². The zero-order valence-electron chi connectivity index (χ0n) is 18.4. The van der Waals surface area contributed by atoms with Gasteiger partial charge in [0.05, 0.1) is 5.92 Å². The summed E-state index contributed by atoms with van der Waals surface area (Å²) >= 11 is 0. The van der Waals surface area contributed by atoms with E-state index >= 15 is 0 Å². The molecule has 4 rings (SSSR count). The summed E-state index contributed by atoms with van der Waals surface area (Å²) in [5.74, 6) is -8.77. The van der Waals surface area contributed by atoms with Crippen LogP contribution in [0.25, 0.3) is 11.1 Å². The first-order chi connectivity index (χ1) is 16.2. The molecule has 3 N–H and O–H groups in total. The molecule has 2 atom stereocenters. The summed E-state index contributed by atoms with van der Waals surface area (Å²) in [4.78, 5) is 35.0. The number of rotatable bonds is 8. The fourth-order valence-corrected chi connectivity index (χ4v) is 4.35. The number of carbonyl (C=O) groups excluding carboxylic acids is 2. The number of halogens is 2. The molecule has 9 heteroatoms. The van der Waals surface area contributed by atoms with Crippen molar-refractivity contribution in [2.24, 2.45) is 11.8 Å². The van der Waals surface area contributed by atoms with Gasteiger partial charge in [0.15, 0.2) is 0 Å². The summed E-state index contributed by atoms with van der Waals surface area (Å²) in [5.41, 5.74) is 4.63. The summed E-state index contributed by atoms with van der Waals surface area (Å²) in [7, 11) is 0. The highest BCUT2D eigenvalue weighted by molar-refractivity contribution is 5.93. The first-order valence-corrected chi connectivity index (χ1v) is 10.9. The molecule has 0 saturated heterocycles. The summed E-state index contributed by atoms with van der Waals surface area (Å²) in [6.07, 6.45) is 0.782. The van der Waals surface area contributed by atoms with Gasteiger partial charge in [0.1, 0.15) is 12.5 Å². The van der Waals surface area contributed by atoms with Crippen LogP contribution in [0.5, 0.6) is 0 Å².